The second-order valence-corrected chi connectivity index (χ2v) is 6.20. The molecule has 0 spiro atoms. The molecule has 7 heteroatoms. The summed E-state index contributed by atoms with van der Waals surface area (Å²) >= 11 is 5.20. The van der Waals surface area contributed by atoms with Gasteiger partial charge < -0.3 is 14.6 Å². The molecule has 1 saturated heterocycles. The molecule has 1 aliphatic rings. The molecule has 20 heavy (non-hydrogen) atoms. The zero-order valence-electron chi connectivity index (χ0n) is 10.7. The van der Waals surface area contributed by atoms with Gasteiger partial charge in [0.25, 0.3) is 5.89 Å². The van der Waals surface area contributed by atoms with Gasteiger partial charge in [0, 0.05) is 22.5 Å². The smallest absolute Gasteiger partial charge is 0.257 e. The molecule has 3 rings (SSSR count). The van der Waals surface area contributed by atoms with Crippen molar-refractivity contribution in [2.75, 3.05) is 19.7 Å². The number of benzene rings is 1. The molecule has 1 atom stereocenters. The predicted molar refractivity (Wildman–Crippen MR) is 79.6 cm³/mol. The molecule has 1 unspecified atom stereocenters. The average Bonchev–Trinajstić information content (AvgIpc) is 2.96. The van der Waals surface area contributed by atoms with Gasteiger partial charge in [-0.1, -0.05) is 17.3 Å². The second kappa shape index (κ2) is 6.71. The molecule has 0 radical (unpaired) electrons. The zero-order valence-corrected chi connectivity index (χ0v) is 13.1. The lowest BCUT2D eigenvalue weighted by Gasteiger charge is -2.19. The van der Waals surface area contributed by atoms with E-state index in [0.29, 0.717) is 24.1 Å². The van der Waals surface area contributed by atoms with Crippen LogP contribution in [0.15, 0.2) is 38.2 Å². The van der Waals surface area contributed by atoms with Gasteiger partial charge >= 0.3 is 0 Å². The van der Waals surface area contributed by atoms with Gasteiger partial charge in [-0.25, -0.2) is 0 Å². The van der Waals surface area contributed by atoms with Crippen LogP contribution in [0.5, 0.6) is 0 Å². The van der Waals surface area contributed by atoms with Crippen LogP contribution in [0.4, 0.5) is 0 Å². The minimum Gasteiger partial charge on any atom is -0.366 e. The second-order valence-electron chi connectivity index (χ2n) is 4.33. The summed E-state index contributed by atoms with van der Waals surface area (Å²) in [5.74, 6) is 1.92. The summed E-state index contributed by atoms with van der Waals surface area (Å²) in [4.78, 5) is 5.56. The van der Waals surface area contributed by atoms with Crippen molar-refractivity contribution in [3.63, 3.8) is 0 Å². The SMILES string of the molecule is Brc1ccccc1SCc1noc(C2CNCCO2)n1. The maximum absolute atomic E-state index is 5.59. The summed E-state index contributed by atoms with van der Waals surface area (Å²) < 4.78 is 11.9. The summed E-state index contributed by atoms with van der Waals surface area (Å²) in [6.45, 7) is 2.27. The minimum atomic E-state index is -0.126. The number of nitrogens with zero attached hydrogens (tertiary/aromatic N) is 2. The monoisotopic (exact) mass is 355 g/mol. The van der Waals surface area contributed by atoms with Crippen LogP contribution in [0.25, 0.3) is 0 Å². The summed E-state index contributed by atoms with van der Waals surface area (Å²) in [5, 5.41) is 7.25. The highest BCUT2D eigenvalue weighted by Gasteiger charge is 2.22. The first-order valence-electron chi connectivity index (χ1n) is 6.35. The van der Waals surface area contributed by atoms with Gasteiger partial charge in [0.1, 0.15) is 6.10 Å². The van der Waals surface area contributed by atoms with E-state index in [2.05, 4.69) is 37.5 Å². The van der Waals surface area contributed by atoms with Crippen LogP contribution in [-0.4, -0.2) is 29.8 Å². The fourth-order valence-corrected chi connectivity index (χ4v) is 3.30. The molecule has 106 valence electrons. The highest BCUT2D eigenvalue weighted by molar-refractivity contribution is 9.10. The molecule has 0 amide bonds. The van der Waals surface area contributed by atoms with Gasteiger partial charge in [-0.2, -0.15) is 4.98 Å². The van der Waals surface area contributed by atoms with E-state index in [1.165, 1.54) is 0 Å². The number of hydrogen-bond acceptors (Lipinski definition) is 6. The van der Waals surface area contributed by atoms with E-state index < -0.39 is 0 Å². The van der Waals surface area contributed by atoms with E-state index >= 15 is 0 Å². The van der Waals surface area contributed by atoms with Crippen LogP contribution in [0.2, 0.25) is 0 Å². The Morgan fingerprint density at radius 3 is 3.10 bits per heavy atom. The predicted octanol–water partition coefficient (Wildman–Crippen LogP) is 2.79. The average molecular weight is 356 g/mol. The summed E-state index contributed by atoms with van der Waals surface area (Å²) in [5.41, 5.74) is 0. The molecule has 0 bridgehead atoms. The van der Waals surface area contributed by atoms with Crippen LogP contribution >= 0.6 is 27.7 Å². The number of ether oxygens (including phenoxy) is 1. The van der Waals surface area contributed by atoms with Gasteiger partial charge in [-0.15, -0.1) is 11.8 Å². The fourth-order valence-electron chi connectivity index (χ4n) is 1.89. The molecule has 1 aromatic carbocycles. The lowest BCUT2D eigenvalue weighted by molar-refractivity contribution is 0.00755. The normalized spacial score (nSPS) is 19.1. The Kier molecular flexibility index (Phi) is 4.72. The van der Waals surface area contributed by atoms with Crippen molar-refractivity contribution in [2.24, 2.45) is 0 Å². The van der Waals surface area contributed by atoms with Crippen molar-refractivity contribution in [1.29, 1.82) is 0 Å². The van der Waals surface area contributed by atoms with Crippen molar-refractivity contribution in [1.82, 2.24) is 15.5 Å². The van der Waals surface area contributed by atoms with Crippen LogP contribution in [0.1, 0.15) is 17.8 Å². The van der Waals surface area contributed by atoms with Gasteiger partial charge in [0.2, 0.25) is 0 Å². The molecule has 1 fully saturated rings. The Bertz CT molecular complexity index is 572. The Labute approximate surface area is 129 Å². The van der Waals surface area contributed by atoms with Crippen LogP contribution in [0, 0.1) is 0 Å². The molecule has 5 nitrogen and oxygen atoms in total. The molecule has 1 aliphatic heterocycles. The number of halogens is 1. The minimum absolute atomic E-state index is 0.126. The van der Waals surface area contributed by atoms with Crippen LogP contribution in [-0.2, 0) is 10.5 Å². The molecular formula is C13H14BrN3O2S. The van der Waals surface area contributed by atoms with Gasteiger partial charge in [-0.05, 0) is 28.1 Å². The number of aromatic nitrogens is 2. The Hall–Kier alpha value is -0.890. The van der Waals surface area contributed by atoms with Crippen molar-refractivity contribution in [3.8, 4) is 0 Å². The van der Waals surface area contributed by atoms with Crippen molar-refractivity contribution < 1.29 is 9.26 Å². The highest BCUT2D eigenvalue weighted by atomic mass is 79.9. The first-order valence-corrected chi connectivity index (χ1v) is 8.13. The summed E-state index contributed by atoms with van der Waals surface area (Å²) in [6, 6.07) is 8.08. The number of nitrogens with one attached hydrogen (secondary N) is 1. The van der Waals surface area contributed by atoms with E-state index in [9.17, 15) is 0 Å². The zero-order chi connectivity index (χ0) is 13.8. The van der Waals surface area contributed by atoms with Gasteiger partial charge in [0.05, 0.1) is 12.4 Å². The van der Waals surface area contributed by atoms with Crippen molar-refractivity contribution >= 4 is 27.7 Å². The highest BCUT2D eigenvalue weighted by Crippen LogP contribution is 2.29. The van der Waals surface area contributed by atoms with E-state index in [1.807, 2.05) is 18.2 Å². The standard InChI is InChI=1S/C13H14BrN3O2S/c14-9-3-1-2-4-11(9)20-8-12-16-13(19-17-12)10-7-15-5-6-18-10/h1-4,10,15H,5-8H2. The van der Waals surface area contributed by atoms with Crippen LogP contribution < -0.4 is 5.32 Å². The van der Waals surface area contributed by atoms with E-state index in [1.54, 1.807) is 11.8 Å². The third-order valence-corrected chi connectivity index (χ3v) is 4.90. The maximum Gasteiger partial charge on any atom is 0.257 e. The fraction of sp³-hybridized carbons (Fsp3) is 0.385. The molecule has 2 heterocycles. The van der Waals surface area contributed by atoms with Crippen LogP contribution in [0.3, 0.4) is 0 Å². The largest absolute Gasteiger partial charge is 0.366 e. The Balaban J connectivity index is 1.61. The quantitative estimate of drug-likeness (QED) is 0.851. The molecular weight excluding hydrogens is 342 g/mol. The number of thioether (sulfide) groups is 1. The molecule has 1 aromatic heterocycles. The molecule has 1 N–H and O–H groups in total. The molecule has 2 aromatic rings. The lowest BCUT2D eigenvalue weighted by atomic mass is 10.3. The van der Waals surface area contributed by atoms with Crippen molar-refractivity contribution in [3.05, 3.63) is 40.5 Å². The third kappa shape index (κ3) is 3.41. The first-order chi connectivity index (χ1) is 9.83. The Morgan fingerprint density at radius 2 is 2.30 bits per heavy atom. The lowest BCUT2D eigenvalue weighted by Crippen LogP contribution is -2.33. The summed E-state index contributed by atoms with van der Waals surface area (Å²) in [7, 11) is 0. The maximum atomic E-state index is 5.59. The summed E-state index contributed by atoms with van der Waals surface area (Å²) in [6.07, 6.45) is -0.126. The molecule has 0 saturated carbocycles. The molecule has 0 aliphatic carbocycles. The number of rotatable bonds is 4. The van der Waals surface area contributed by atoms with E-state index in [0.717, 1.165) is 22.5 Å². The number of morpholine rings is 1. The van der Waals surface area contributed by atoms with Crippen molar-refractivity contribution in [2.45, 2.75) is 16.8 Å². The Morgan fingerprint density at radius 1 is 1.40 bits per heavy atom. The van der Waals surface area contributed by atoms with Gasteiger partial charge in [0.15, 0.2) is 5.82 Å². The topological polar surface area (TPSA) is 60.2 Å². The number of hydrogen-bond donors (Lipinski definition) is 1. The van der Waals surface area contributed by atoms with E-state index in [4.69, 9.17) is 9.26 Å². The van der Waals surface area contributed by atoms with Gasteiger partial charge in [-0.3, -0.25) is 0 Å². The van der Waals surface area contributed by atoms with E-state index in [-0.39, 0.29) is 6.10 Å². The first kappa shape index (κ1) is 14.1. The third-order valence-electron chi connectivity index (χ3n) is 2.88.